The molecule has 1 saturated heterocycles. The molecule has 1 aromatic heterocycles. The van der Waals surface area contributed by atoms with Crippen molar-refractivity contribution in [2.45, 2.75) is 0 Å². The molecule has 1 fully saturated rings. The fourth-order valence-corrected chi connectivity index (χ4v) is 3.55. The lowest BCUT2D eigenvalue weighted by Crippen LogP contribution is -2.23. The summed E-state index contributed by atoms with van der Waals surface area (Å²) in [6, 6.07) is 16.0. The average Bonchev–Trinajstić information content (AvgIpc) is 3.14. The molecule has 1 aliphatic heterocycles. The quantitative estimate of drug-likeness (QED) is 0.623. The second kappa shape index (κ2) is 7.99. The second-order valence-corrected chi connectivity index (χ2v) is 8.40. The van der Waals surface area contributed by atoms with Gasteiger partial charge in [-0.15, -0.1) is 0 Å². The van der Waals surface area contributed by atoms with E-state index in [0.717, 1.165) is 23.2 Å². The third-order valence-electron chi connectivity index (χ3n) is 4.34. The molecule has 9 nitrogen and oxygen atoms in total. The maximum atomic E-state index is 11.6. The number of aromatic nitrogens is 2. The molecule has 3 aromatic rings. The highest BCUT2D eigenvalue weighted by atomic mass is 32.2. The van der Waals surface area contributed by atoms with Crippen LogP contribution in [0, 0.1) is 0 Å². The topological polar surface area (TPSA) is 114 Å². The first kappa shape index (κ1) is 19.6. The lowest BCUT2D eigenvalue weighted by Gasteiger charge is -2.13. The summed E-state index contributed by atoms with van der Waals surface area (Å²) in [4.78, 5) is 22.0. The molecule has 0 spiro atoms. The molecular formula is C20H19N5O4S. The largest absolute Gasteiger partial charge is 0.447 e. The normalized spacial score (nSPS) is 13.8. The van der Waals surface area contributed by atoms with E-state index in [1.165, 1.54) is 0 Å². The standard InChI is InChI=1S/C20H19N5O4S/c1-30(27,28)24-16-4-2-14(3-5-16)18-10-11-21-19(23-18)22-15-6-8-17(9-7-15)25-12-13-29-20(25)26/h2-11,24H,12-13H2,1H3,(H,21,22,23). The second-order valence-electron chi connectivity index (χ2n) is 6.65. The van der Waals surface area contributed by atoms with E-state index in [2.05, 4.69) is 20.0 Å². The Morgan fingerprint density at radius 3 is 2.33 bits per heavy atom. The molecule has 0 atom stereocenters. The van der Waals surface area contributed by atoms with Gasteiger partial charge in [-0.1, -0.05) is 12.1 Å². The first-order chi connectivity index (χ1) is 14.4. The highest BCUT2D eigenvalue weighted by Crippen LogP contribution is 2.24. The zero-order valence-corrected chi connectivity index (χ0v) is 16.9. The highest BCUT2D eigenvalue weighted by Gasteiger charge is 2.23. The van der Waals surface area contributed by atoms with Gasteiger partial charge in [-0.25, -0.2) is 23.2 Å². The molecule has 0 bridgehead atoms. The molecule has 2 heterocycles. The van der Waals surface area contributed by atoms with Crippen LogP contribution in [0.3, 0.4) is 0 Å². The van der Waals surface area contributed by atoms with Crippen molar-refractivity contribution < 1.29 is 17.9 Å². The molecule has 0 aliphatic carbocycles. The van der Waals surface area contributed by atoms with Crippen molar-refractivity contribution in [1.29, 1.82) is 0 Å². The molecule has 1 aliphatic rings. The van der Waals surface area contributed by atoms with E-state index < -0.39 is 10.0 Å². The Balaban J connectivity index is 1.47. The Bertz CT molecular complexity index is 1160. The Hall–Kier alpha value is -3.66. The number of nitrogens with one attached hydrogen (secondary N) is 2. The van der Waals surface area contributed by atoms with Gasteiger partial charge in [-0.2, -0.15) is 0 Å². The Labute approximate surface area is 173 Å². The first-order valence-corrected chi connectivity index (χ1v) is 11.0. The molecule has 0 radical (unpaired) electrons. The van der Waals surface area contributed by atoms with Gasteiger partial charge >= 0.3 is 6.09 Å². The van der Waals surface area contributed by atoms with Gasteiger partial charge in [0.1, 0.15) is 6.61 Å². The van der Waals surface area contributed by atoms with Crippen LogP contribution in [0.5, 0.6) is 0 Å². The van der Waals surface area contributed by atoms with Crippen molar-refractivity contribution in [2.24, 2.45) is 0 Å². The van der Waals surface area contributed by atoms with E-state index >= 15 is 0 Å². The summed E-state index contributed by atoms with van der Waals surface area (Å²) in [5.74, 6) is 0.416. The summed E-state index contributed by atoms with van der Waals surface area (Å²) in [5, 5.41) is 3.14. The number of anilines is 4. The van der Waals surface area contributed by atoms with Crippen LogP contribution >= 0.6 is 0 Å². The monoisotopic (exact) mass is 425 g/mol. The van der Waals surface area contributed by atoms with E-state index in [4.69, 9.17) is 4.74 Å². The molecule has 0 saturated carbocycles. The van der Waals surface area contributed by atoms with Gasteiger partial charge in [0, 0.05) is 28.8 Å². The molecule has 2 aromatic carbocycles. The summed E-state index contributed by atoms with van der Waals surface area (Å²) < 4.78 is 30.0. The van der Waals surface area contributed by atoms with Crippen molar-refractivity contribution in [1.82, 2.24) is 9.97 Å². The molecule has 4 rings (SSSR count). The molecule has 1 amide bonds. The van der Waals surface area contributed by atoms with Crippen LogP contribution in [0.2, 0.25) is 0 Å². The predicted molar refractivity (Wildman–Crippen MR) is 114 cm³/mol. The molecule has 154 valence electrons. The predicted octanol–water partition coefficient (Wildman–Crippen LogP) is 3.22. The smallest absolute Gasteiger partial charge is 0.414 e. The number of nitrogens with zero attached hydrogens (tertiary/aromatic N) is 3. The zero-order valence-electron chi connectivity index (χ0n) is 16.1. The van der Waals surface area contributed by atoms with Gasteiger partial charge in [-0.05, 0) is 42.5 Å². The van der Waals surface area contributed by atoms with Crippen molar-refractivity contribution in [3.63, 3.8) is 0 Å². The van der Waals surface area contributed by atoms with E-state index in [1.807, 2.05) is 24.3 Å². The van der Waals surface area contributed by atoms with Gasteiger partial charge in [0.15, 0.2) is 0 Å². The van der Waals surface area contributed by atoms with Gasteiger partial charge in [0.25, 0.3) is 0 Å². The minimum Gasteiger partial charge on any atom is -0.447 e. The average molecular weight is 425 g/mol. The number of rotatable bonds is 6. The molecular weight excluding hydrogens is 406 g/mol. The van der Waals surface area contributed by atoms with E-state index in [1.54, 1.807) is 41.4 Å². The van der Waals surface area contributed by atoms with E-state index in [0.29, 0.717) is 30.5 Å². The number of carbonyl (C=O) groups excluding carboxylic acids is 1. The summed E-state index contributed by atoms with van der Waals surface area (Å²) in [5.41, 5.74) is 3.53. The summed E-state index contributed by atoms with van der Waals surface area (Å²) in [6.07, 6.45) is 2.40. The molecule has 2 N–H and O–H groups in total. The van der Waals surface area contributed by atoms with Crippen LogP contribution in [-0.2, 0) is 14.8 Å². The number of ether oxygens (including phenoxy) is 1. The fourth-order valence-electron chi connectivity index (χ4n) is 2.98. The van der Waals surface area contributed by atoms with E-state index in [9.17, 15) is 13.2 Å². The number of amides is 1. The number of carbonyl (C=O) groups is 1. The van der Waals surface area contributed by atoms with Gasteiger partial charge in [0.2, 0.25) is 16.0 Å². The van der Waals surface area contributed by atoms with Gasteiger partial charge in [-0.3, -0.25) is 9.62 Å². The van der Waals surface area contributed by atoms with Crippen molar-refractivity contribution >= 4 is 39.1 Å². The Morgan fingerprint density at radius 1 is 1.00 bits per heavy atom. The summed E-state index contributed by atoms with van der Waals surface area (Å²) >= 11 is 0. The SMILES string of the molecule is CS(=O)(=O)Nc1ccc(-c2ccnc(Nc3ccc(N4CCOC4=O)cc3)n2)cc1. The minimum absolute atomic E-state index is 0.343. The number of benzene rings is 2. The maximum Gasteiger partial charge on any atom is 0.414 e. The number of hydrogen-bond acceptors (Lipinski definition) is 7. The fraction of sp³-hybridized carbons (Fsp3) is 0.150. The Kier molecular flexibility index (Phi) is 5.23. The van der Waals surface area contributed by atoms with Gasteiger partial charge < -0.3 is 10.1 Å². The van der Waals surface area contributed by atoms with Crippen LogP contribution in [0.1, 0.15) is 0 Å². The number of cyclic esters (lactones) is 1. The van der Waals surface area contributed by atoms with Crippen molar-refractivity contribution in [2.75, 3.05) is 34.3 Å². The summed E-state index contributed by atoms with van der Waals surface area (Å²) in [6.45, 7) is 0.931. The minimum atomic E-state index is -3.32. The lowest BCUT2D eigenvalue weighted by atomic mass is 10.1. The summed E-state index contributed by atoms with van der Waals surface area (Å²) in [7, 11) is -3.32. The third kappa shape index (κ3) is 4.66. The highest BCUT2D eigenvalue weighted by molar-refractivity contribution is 7.92. The van der Waals surface area contributed by atoms with Crippen LogP contribution in [0.25, 0.3) is 11.3 Å². The number of hydrogen-bond donors (Lipinski definition) is 2. The van der Waals surface area contributed by atoms with Crippen LogP contribution in [0.4, 0.5) is 27.8 Å². The molecule has 30 heavy (non-hydrogen) atoms. The van der Waals surface area contributed by atoms with Crippen molar-refractivity contribution in [3.8, 4) is 11.3 Å². The van der Waals surface area contributed by atoms with Crippen LogP contribution in [0.15, 0.2) is 60.8 Å². The maximum absolute atomic E-state index is 11.6. The lowest BCUT2D eigenvalue weighted by molar-refractivity contribution is 0.181. The van der Waals surface area contributed by atoms with Crippen molar-refractivity contribution in [3.05, 3.63) is 60.8 Å². The van der Waals surface area contributed by atoms with Crippen LogP contribution < -0.4 is 14.9 Å². The molecule has 10 heteroatoms. The third-order valence-corrected chi connectivity index (χ3v) is 4.94. The Morgan fingerprint density at radius 2 is 1.70 bits per heavy atom. The molecule has 0 unspecified atom stereocenters. The number of sulfonamides is 1. The zero-order chi connectivity index (χ0) is 21.1. The van der Waals surface area contributed by atoms with Crippen LogP contribution in [-0.4, -0.2) is 43.9 Å². The van der Waals surface area contributed by atoms with Gasteiger partial charge in [0.05, 0.1) is 18.5 Å². The first-order valence-electron chi connectivity index (χ1n) is 9.10. The van der Waals surface area contributed by atoms with E-state index in [-0.39, 0.29) is 6.09 Å².